The van der Waals surface area contributed by atoms with Gasteiger partial charge in [0.2, 0.25) is 5.91 Å². The quantitative estimate of drug-likeness (QED) is 0.737. The van der Waals surface area contributed by atoms with Gasteiger partial charge in [0.15, 0.2) is 0 Å². The molecule has 1 amide bonds. The average Bonchev–Trinajstić information content (AvgIpc) is 2.74. The molecule has 2 rings (SSSR count). The highest BCUT2D eigenvalue weighted by Gasteiger charge is 2.43. The minimum absolute atomic E-state index is 0.0443. The highest BCUT2D eigenvalue weighted by Crippen LogP contribution is 2.26. The van der Waals surface area contributed by atoms with Gasteiger partial charge in [0, 0.05) is 13.1 Å². The molecule has 2 N–H and O–H groups in total. The number of nitrogens with one attached hydrogen (secondary N) is 1. The third-order valence-corrected chi connectivity index (χ3v) is 3.81. The van der Waals surface area contributed by atoms with Crippen LogP contribution >= 0.6 is 0 Å². The molecule has 0 radical (unpaired) electrons. The summed E-state index contributed by atoms with van der Waals surface area (Å²) in [4.78, 5) is 14.4. The fraction of sp³-hybridized carbons (Fsp3) is 0.923. The van der Waals surface area contributed by atoms with Crippen LogP contribution in [0.1, 0.15) is 33.6 Å². The summed E-state index contributed by atoms with van der Waals surface area (Å²) in [7, 11) is 0. The Balaban J connectivity index is 2.09. The van der Waals surface area contributed by atoms with E-state index in [1.165, 1.54) is 0 Å². The van der Waals surface area contributed by atoms with Crippen molar-refractivity contribution in [3.8, 4) is 0 Å². The topological polar surface area (TPSA) is 61.8 Å². The Hall–Kier alpha value is -0.650. The number of aliphatic hydroxyl groups is 1. The molecule has 104 valence electrons. The normalized spacial score (nSPS) is 35.8. The van der Waals surface area contributed by atoms with E-state index in [0.29, 0.717) is 13.1 Å². The smallest absolute Gasteiger partial charge is 0.242 e. The third kappa shape index (κ3) is 2.68. The van der Waals surface area contributed by atoms with E-state index in [0.717, 1.165) is 19.4 Å². The molecule has 2 aliphatic rings. The molecule has 5 nitrogen and oxygen atoms in total. The first-order valence-corrected chi connectivity index (χ1v) is 6.69. The van der Waals surface area contributed by atoms with Crippen molar-refractivity contribution in [1.82, 2.24) is 10.2 Å². The number of nitrogens with zero attached hydrogens (tertiary/aromatic N) is 1. The summed E-state index contributed by atoms with van der Waals surface area (Å²) in [6.45, 7) is 7.81. The number of carbonyl (C=O) groups excluding carboxylic acids is 1. The monoisotopic (exact) mass is 256 g/mol. The summed E-state index contributed by atoms with van der Waals surface area (Å²) in [5.41, 5.74) is -0.830. The van der Waals surface area contributed by atoms with Crippen molar-refractivity contribution in [2.45, 2.75) is 50.9 Å². The van der Waals surface area contributed by atoms with E-state index in [4.69, 9.17) is 4.74 Å². The van der Waals surface area contributed by atoms with Gasteiger partial charge in [-0.05, 0) is 40.2 Å². The van der Waals surface area contributed by atoms with Crippen LogP contribution in [-0.4, -0.2) is 59.4 Å². The molecule has 2 saturated heterocycles. The molecule has 0 bridgehead atoms. The molecule has 18 heavy (non-hydrogen) atoms. The van der Waals surface area contributed by atoms with Crippen molar-refractivity contribution in [2.75, 3.05) is 26.2 Å². The standard InChI is InChI=1S/C13H24N2O3/c1-12(2)9-15(7-10(8-16)18-12)11(17)13(3)5-4-6-14-13/h10,14,16H,4-9H2,1-3H3. The molecule has 0 aliphatic carbocycles. The Bertz CT molecular complexity index is 324. The number of hydrogen-bond acceptors (Lipinski definition) is 4. The van der Waals surface area contributed by atoms with Gasteiger partial charge in [-0.2, -0.15) is 0 Å². The maximum atomic E-state index is 12.6. The van der Waals surface area contributed by atoms with Crippen LogP contribution in [0.15, 0.2) is 0 Å². The minimum atomic E-state index is -0.437. The number of ether oxygens (including phenoxy) is 1. The van der Waals surface area contributed by atoms with Gasteiger partial charge in [0.25, 0.3) is 0 Å². The van der Waals surface area contributed by atoms with Crippen LogP contribution in [0.5, 0.6) is 0 Å². The van der Waals surface area contributed by atoms with Gasteiger partial charge in [0.1, 0.15) is 0 Å². The van der Waals surface area contributed by atoms with Gasteiger partial charge in [-0.3, -0.25) is 4.79 Å². The second kappa shape index (κ2) is 4.79. The van der Waals surface area contributed by atoms with Gasteiger partial charge >= 0.3 is 0 Å². The Morgan fingerprint density at radius 1 is 1.50 bits per heavy atom. The van der Waals surface area contributed by atoms with E-state index >= 15 is 0 Å². The largest absolute Gasteiger partial charge is 0.394 e. The van der Waals surface area contributed by atoms with Crippen LogP contribution in [0.3, 0.4) is 0 Å². The van der Waals surface area contributed by atoms with Crippen LogP contribution in [0.4, 0.5) is 0 Å². The van der Waals surface area contributed by atoms with Crippen molar-refractivity contribution in [1.29, 1.82) is 0 Å². The maximum Gasteiger partial charge on any atom is 0.242 e. The van der Waals surface area contributed by atoms with Gasteiger partial charge in [-0.25, -0.2) is 0 Å². The molecule has 2 unspecified atom stereocenters. The zero-order valence-electron chi connectivity index (χ0n) is 11.5. The van der Waals surface area contributed by atoms with E-state index in [1.807, 2.05) is 25.7 Å². The first-order valence-electron chi connectivity index (χ1n) is 6.69. The Morgan fingerprint density at radius 2 is 2.22 bits per heavy atom. The molecular weight excluding hydrogens is 232 g/mol. The second-order valence-electron chi connectivity index (χ2n) is 6.23. The van der Waals surface area contributed by atoms with Gasteiger partial charge in [0.05, 0.1) is 23.9 Å². The lowest BCUT2D eigenvalue weighted by Crippen LogP contribution is -2.61. The average molecular weight is 256 g/mol. The fourth-order valence-corrected chi connectivity index (χ4v) is 2.97. The third-order valence-electron chi connectivity index (χ3n) is 3.81. The van der Waals surface area contributed by atoms with Crippen LogP contribution in [0.25, 0.3) is 0 Å². The number of hydrogen-bond donors (Lipinski definition) is 2. The van der Waals surface area contributed by atoms with Crippen molar-refractivity contribution in [2.24, 2.45) is 0 Å². The van der Waals surface area contributed by atoms with Crippen molar-refractivity contribution < 1.29 is 14.6 Å². The van der Waals surface area contributed by atoms with Crippen LogP contribution in [0, 0.1) is 0 Å². The lowest BCUT2D eigenvalue weighted by atomic mass is 9.96. The Labute approximate surface area is 108 Å². The zero-order valence-corrected chi connectivity index (χ0v) is 11.5. The van der Waals surface area contributed by atoms with E-state index < -0.39 is 11.1 Å². The van der Waals surface area contributed by atoms with Crippen molar-refractivity contribution >= 4 is 5.91 Å². The lowest BCUT2D eigenvalue weighted by Gasteiger charge is -2.44. The number of carbonyl (C=O) groups is 1. The molecule has 2 heterocycles. The van der Waals surface area contributed by atoms with E-state index in [2.05, 4.69) is 5.32 Å². The fourth-order valence-electron chi connectivity index (χ4n) is 2.97. The number of amides is 1. The van der Waals surface area contributed by atoms with Gasteiger partial charge in [-0.15, -0.1) is 0 Å². The zero-order chi connectivity index (χ0) is 13.4. The summed E-state index contributed by atoms with van der Waals surface area (Å²) >= 11 is 0. The molecule has 0 saturated carbocycles. The van der Waals surface area contributed by atoms with E-state index in [1.54, 1.807) is 0 Å². The predicted molar refractivity (Wildman–Crippen MR) is 68.3 cm³/mol. The van der Waals surface area contributed by atoms with Crippen molar-refractivity contribution in [3.63, 3.8) is 0 Å². The Kier molecular flexibility index (Phi) is 3.67. The second-order valence-corrected chi connectivity index (χ2v) is 6.23. The summed E-state index contributed by atoms with van der Waals surface area (Å²) < 4.78 is 5.73. The van der Waals surface area contributed by atoms with E-state index in [9.17, 15) is 9.90 Å². The number of aliphatic hydroxyl groups excluding tert-OH is 1. The molecular formula is C13H24N2O3. The number of morpholine rings is 1. The summed E-state index contributed by atoms with van der Waals surface area (Å²) in [5, 5.41) is 12.6. The summed E-state index contributed by atoms with van der Waals surface area (Å²) in [5.74, 6) is 0.134. The van der Waals surface area contributed by atoms with Gasteiger partial charge < -0.3 is 20.1 Å². The van der Waals surface area contributed by atoms with Crippen LogP contribution < -0.4 is 5.32 Å². The first-order chi connectivity index (χ1) is 8.36. The maximum absolute atomic E-state index is 12.6. The molecule has 0 aromatic carbocycles. The number of rotatable bonds is 2. The predicted octanol–water partition coefficient (Wildman–Crippen LogP) is 0.127. The highest BCUT2D eigenvalue weighted by atomic mass is 16.5. The van der Waals surface area contributed by atoms with Gasteiger partial charge in [-0.1, -0.05) is 0 Å². The molecule has 2 aliphatic heterocycles. The minimum Gasteiger partial charge on any atom is -0.394 e. The summed E-state index contributed by atoms with van der Waals surface area (Å²) in [6.07, 6.45) is 1.65. The molecule has 0 spiro atoms. The highest BCUT2D eigenvalue weighted by molar-refractivity contribution is 5.86. The van der Waals surface area contributed by atoms with Crippen LogP contribution in [-0.2, 0) is 9.53 Å². The molecule has 0 aromatic heterocycles. The SMILES string of the molecule is CC1(C)CN(C(=O)C2(C)CCCN2)CC(CO)O1. The summed E-state index contributed by atoms with van der Waals surface area (Å²) in [6, 6.07) is 0. The lowest BCUT2D eigenvalue weighted by molar-refractivity contribution is -0.170. The van der Waals surface area contributed by atoms with Crippen LogP contribution in [0.2, 0.25) is 0 Å². The molecule has 5 heteroatoms. The first kappa shape index (κ1) is 13.8. The van der Waals surface area contributed by atoms with E-state index in [-0.39, 0.29) is 18.6 Å². The van der Waals surface area contributed by atoms with Crippen molar-refractivity contribution in [3.05, 3.63) is 0 Å². The molecule has 0 aromatic rings. The molecule has 2 atom stereocenters. The molecule has 2 fully saturated rings. The Morgan fingerprint density at radius 3 is 2.78 bits per heavy atom.